The molecule has 1 amide bonds. The third-order valence-electron chi connectivity index (χ3n) is 7.65. The highest BCUT2D eigenvalue weighted by molar-refractivity contribution is 6.32. The van der Waals surface area contributed by atoms with Crippen LogP contribution in [0.5, 0.6) is 5.75 Å². The van der Waals surface area contributed by atoms with Crippen molar-refractivity contribution in [2.45, 2.75) is 76.8 Å². The first-order valence-electron chi connectivity index (χ1n) is 13.9. The number of hydrogen-bond donors (Lipinski definition) is 1. The molecule has 3 aliphatic rings. The van der Waals surface area contributed by atoms with Crippen molar-refractivity contribution in [2.24, 2.45) is 17.8 Å². The lowest BCUT2D eigenvalue weighted by atomic mass is 9.77. The van der Waals surface area contributed by atoms with E-state index in [1.807, 2.05) is 7.05 Å². The Labute approximate surface area is 233 Å². The Morgan fingerprint density at radius 3 is 2.58 bits per heavy atom. The highest BCUT2D eigenvalue weighted by Crippen LogP contribution is 2.36. The predicted molar refractivity (Wildman–Crippen MR) is 154 cm³/mol. The van der Waals surface area contributed by atoms with E-state index in [0.717, 1.165) is 45.2 Å². The van der Waals surface area contributed by atoms with Crippen molar-refractivity contribution in [1.82, 2.24) is 5.32 Å². The molecule has 0 aromatic heterocycles. The van der Waals surface area contributed by atoms with Crippen LogP contribution in [0, 0.1) is 30.1 Å². The van der Waals surface area contributed by atoms with Gasteiger partial charge in [-0.25, -0.2) is 0 Å². The highest BCUT2D eigenvalue weighted by atomic mass is 35.5. The molecule has 0 spiro atoms. The van der Waals surface area contributed by atoms with E-state index in [2.05, 4.69) is 24.7 Å². The summed E-state index contributed by atoms with van der Waals surface area (Å²) < 4.78 is 10.9. The van der Waals surface area contributed by atoms with Crippen LogP contribution in [0.15, 0.2) is 30.4 Å². The number of carbonyl (C=O) groups is 2. The Hall–Kier alpha value is -2.33. The first-order chi connectivity index (χ1) is 18.3. The van der Waals surface area contributed by atoms with Gasteiger partial charge in [0.05, 0.1) is 17.7 Å². The second-order valence-electron chi connectivity index (χ2n) is 11.0. The van der Waals surface area contributed by atoms with Gasteiger partial charge >= 0.3 is 5.91 Å². The van der Waals surface area contributed by atoms with Crippen molar-refractivity contribution in [3.8, 4) is 18.1 Å². The molecule has 6 nitrogen and oxygen atoms in total. The summed E-state index contributed by atoms with van der Waals surface area (Å²) in [6.07, 6.45) is 15.5. The lowest BCUT2D eigenvalue weighted by Crippen LogP contribution is -2.41. The van der Waals surface area contributed by atoms with Crippen LogP contribution >= 0.6 is 11.6 Å². The number of aldehydes is 1. The van der Waals surface area contributed by atoms with Gasteiger partial charge in [-0.1, -0.05) is 30.7 Å². The smallest absolute Gasteiger partial charge is 0.303 e. The number of ether oxygens (including phenoxy) is 2. The van der Waals surface area contributed by atoms with E-state index in [-0.39, 0.29) is 0 Å². The molecule has 1 aliphatic heterocycles. The zero-order valence-corrected chi connectivity index (χ0v) is 23.7. The van der Waals surface area contributed by atoms with Crippen molar-refractivity contribution in [2.75, 3.05) is 31.8 Å². The maximum atomic E-state index is 12.5. The van der Waals surface area contributed by atoms with Gasteiger partial charge in [0.15, 0.2) is 0 Å². The number of halogens is 1. The molecule has 3 fully saturated rings. The molecule has 1 aromatic rings. The number of hydrogen-bond acceptors (Lipinski definition) is 5. The van der Waals surface area contributed by atoms with E-state index in [4.69, 9.17) is 27.5 Å². The average molecular weight is 543 g/mol. The molecule has 1 heterocycles. The molecule has 2 aliphatic carbocycles. The zero-order valence-electron chi connectivity index (χ0n) is 22.9. The summed E-state index contributed by atoms with van der Waals surface area (Å²) in [5.74, 6) is 3.89. The summed E-state index contributed by atoms with van der Waals surface area (Å²) in [7, 11) is 2.01. The fourth-order valence-electron chi connectivity index (χ4n) is 5.37. The van der Waals surface area contributed by atoms with E-state index < -0.39 is 11.9 Å². The first-order valence-corrected chi connectivity index (χ1v) is 14.3. The number of nitrogens with one attached hydrogen (secondary N) is 1. The second kappa shape index (κ2) is 15.3. The van der Waals surface area contributed by atoms with Crippen LogP contribution in [0.25, 0.3) is 0 Å². The van der Waals surface area contributed by atoms with E-state index in [1.54, 1.807) is 18.2 Å². The number of benzene rings is 1. The van der Waals surface area contributed by atoms with Gasteiger partial charge in [-0.2, -0.15) is 0 Å². The fraction of sp³-hybridized carbons (Fsp3) is 0.613. The summed E-state index contributed by atoms with van der Waals surface area (Å²) in [6.45, 7) is 8.90. The van der Waals surface area contributed by atoms with Gasteiger partial charge < -0.3 is 19.6 Å². The van der Waals surface area contributed by atoms with Gasteiger partial charge in [0.25, 0.3) is 0 Å². The summed E-state index contributed by atoms with van der Waals surface area (Å²) in [4.78, 5) is 25.8. The van der Waals surface area contributed by atoms with Crippen molar-refractivity contribution in [1.29, 1.82) is 0 Å². The third kappa shape index (κ3) is 9.45. The number of terminal acetylenes is 1. The number of nitrogens with zero attached hydrogens (tertiary/aromatic N) is 1. The van der Waals surface area contributed by atoms with Crippen LogP contribution < -0.4 is 15.0 Å². The van der Waals surface area contributed by atoms with Crippen molar-refractivity contribution >= 4 is 29.5 Å². The molecular formula is C31H43ClN2O4. The summed E-state index contributed by atoms with van der Waals surface area (Å²) >= 11 is 6.39. The number of anilines is 1. The zero-order chi connectivity index (χ0) is 27.5. The molecular weight excluding hydrogens is 500 g/mol. The molecule has 7 heteroatoms. The maximum absolute atomic E-state index is 12.5. The minimum atomic E-state index is -0.631. The Kier molecular flexibility index (Phi) is 12.2. The van der Waals surface area contributed by atoms with Crippen LogP contribution in [0.4, 0.5) is 5.69 Å². The van der Waals surface area contributed by atoms with Crippen molar-refractivity contribution < 1.29 is 19.1 Å². The molecule has 0 bridgehead atoms. The molecule has 1 saturated heterocycles. The lowest BCUT2D eigenvalue weighted by molar-refractivity contribution is -0.117. The monoisotopic (exact) mass is 542 g/mol. The topological polar surface area (TPSA) is 67.9 Å². The van der Waals surface area contributed by atoms with Crippen LogP contribution in [-0.4, -0.2) is 51.1 Å². The SMILES string of the molecule is C#CC(=O)N(c1ccc(OCC2CC2)c(Cl)c1)C(C=O)CCC1CC(=C)CC(C)C1.CNC1CCOCC1. The summed E-state index contributed by atoms with van der Waals surface area (Å²) in [5.41, 5.74) is 1.78. The third-order valence-corrected chi connectivity index (χ3v) is 7.94. The molecule has 1 aromatic carbocycles. The van der Waals surface area contributed by atoms with E-state index in [9.17, 15) is 9.59 Å². The molecule has 4 rings (SSSR count). The maximum Gasteiger partial charge on any atom is 0.303 e. The van der Waals surface area contributed by atoms with Gasteiger partial charge in [-0.15, -0.1) is 6.42 Å². The Morgan fingerprint density at radius 1 is 1.29 bits per heavy atom. The normalized spacial score (nSPS) is 22.4. The first kappa shape index (κ1) is 30.2. The van der Waals surface area contributed by atoms with E-state index in [0.29, 0.717) is 53.3 Å². The molecule has 0 radical (unpaired) electrons. The molecule has 38 heavy (non-hydrogen) atoms. The van der Waals surface area contributed by atoms with Crippen LogP contribution in [0.3, 0.4) is 0 Å². The van der Waals surface area contributed by atoms with Gasteiger partial charge in [0.1, 0.15) is 12.0 Å². The lowest BCUT2D eigenvalue weighted by Gasteiger charge is -2.31. The average Bonchev–Trinajstić information content (AvgIpc) is 3.75. The second-order valence-corrected chi connectivity index (χ2v) is 11.4. The van der Waals surface area contributed by atoms with Gasteiger partial charge in [-0.3, -0.25) is 9.69 Å². The Balaban J connectivity index is 0.000000427. The van der Waals surface area contributed by atoms with E-state index >= 15 is 0 Å². The number of allylic oxidation sites excluding steroid dienone is 1. The Bertz CT molecular complexity index is 981. The minimum Gasteiger partial charge on any atom is -0.492 e. The van der Waals surface area contributed by atoms with Crippen molar-refractivity contribution in [3.63, 3.8) is 0 Å². The predicted octanol–water partition coefficient (Wildman–Crippen LogP) is 5.82. The molecule has 1 N–H and O–H groups in total. The minimum absolute atomic E-state index is 0.407. The van der Waals surface area contributed by atoms with Crippen LogP contribution in [0.1, 0.15) is 64.7 Å². The fourth-order valence-corrected chi connectivity index (χ4v) is 5.60. The van der Waals surface area contributed by atoms with Crippen LogP contribution in [-0.2, 0) is 14.3 Å². The van der Waals surface area contributed by atoms with Crippen molar-refractivity contribution in [3.05, 3.63) is 35.4 Å². The number of carbonyl (C=O) groups excluding carboxylic acids is 2. The van der Waals surface area contributed by atoms with Gasteiger partial charge in [-0.05, 0) is 107 Å². The Morgan fingerprint density at radius 2 is 2.03 bits per heavy atom. The highest BCUT2D eigenvalue weighted by Gasteiger charge is 2.28. The number of rotatable bonds is 10. The van der Waals surface area contributed by atoms with Crippen LogP contribution in [0.2, 0.25) is 5.02 Å². The standard InChI is InChI=1S/C25H30ClNO3.C6H13NO/c1-4-25(29)27(21-9-10-24(23(26)14-21)30-16-19-5-6-19)22(15-28)8-7-20-12-17(2)11-18(3)13-20;1-7-6-2-4-8-5-3-6/h1,9-10,14-15,18-20,22H,2,5-8,11-13,16H2,3H3;6-7H,2-5H2,1H3. The largest absolute Gasteiger partial charge is 0.492 e. The number of amides is 1. The molecule has 3 unspecified atom stereocenters. The molecule has 208 valence electrons. The molecule has 3 atom stereocenters. The molecule has 2 saturated carbocycles. The van der Waals surface area contributed by atoms with Gasteiger partial charge in [0.2, 0.25) is 0 Å². The summed E-state index contributed by atoms with van der Waals surface area (Å²) in [6, 6.07) is 5.22. The van der Waals surface area contributed by atoms with E-state index in [1.165, 1.54) is 36.2 Å². The van der Waals surface area contributed by atoms with Gasteiger partial charge in [0, 0.05) is 24.9 Å². The summed E-state index contributed by atoms with van der Waals surface area (Å²) in [5, 5.41) is 3.63. The quantitative estimate of drug-likeness (QED) is 0.229.